The van der Waals surface area contributed by atoms with Crippen LogP contribution < -0.4 is 0 Å². The van der Waals surface area contributed by atoms with Gasteiger partial charge in [0.25, 0.3) is 0 Å². The Balaban J connectivity index is 1.86. The summed E-state index contributed by atoms with van der Waals surface area (Å²) in [6.45, 7) is 0.676. The zero-order valence-electron chi connectivity index (χ0n) is 10.1. The highest BCUT2D eigenvalue weighted by molar-refractivity contribution is 7.91. The van der Waals surface area contributed by atoms with Gasteiger partial charge >= 0.3 is 0 Å². The van der Waals surface area contributed by atoms with Crippen molar-refractivity contribution in [3.05, 3.63) is 35.4 Å². The number of rotatable bonds is 1. The first-order chi connectivity index (χ1) is 8.57. The van der Waals surface area contributed by atoms with E-state index in [9.17, 15) is 8.42 Å². The Morgan fingerprint density at radius 3 is 2.78 bits per heavy atom. The van der Waals surface area contributed by atoms with Gasteiger partial charge in [-0.05, 0) is 18.4 Å². The lowest BCUT2D eigenvalue weighted by Gasteiger charge is -2.32. The van der Waals surface area contributed by atoms with Crippen molar-refractivity contribution in [2.24, 2.45) is 0 Å². The van der Waals surface area contributed by atoms with E-state index in [0.29, 0.717) is 24.6 Å². The van der Waals surface area contributed by atoms with Crippen molar-refractivity contribution in [3.63, 3.8) is 0 Å². The Morgan fingerprint density at radius 1 is 1.28 bits per heavy atom. The number of hydrogen-bond acceptors (Lipinski definition) is 3. The smallest absolute Gasteiger partial charge is 0.152 e. The molecule has 2 heterocycles. The van der Waals surface area contributed by atoms with Crippen LogP contribution in [-0.4, -0.2) is 36.7 Å². The van der Waals surface area contributed by atoms with Crippen LogP contribution in [0.2, 0.25) is 0 Å². The second-order valence-electron chi connectivity index (χ2n) is 5.04. The summed E-state index contributed by atoms with van der Waals surface area (Å²) < 4.78 is 23.4. The van der Waals surface area contributed by atoms with E-state index in [-0.39, 0.29) is 11.8 Å². The average Bonchev–Trinajstić information content (AvgIpc) is 2.66. The summed E-state index contributed by atoms with van der Waals surface area (Å²) in [5.41, 5.74) is 2.07. The van der Waals surface area contributed by atoms with Gasteiger partial charge in [0, 0.05) is 18.2 Å². The Bertz CT molecular complexity index is 595. The molecule has 1 aromatic rings. The molecular weight excluding hydrogens is 248 g/mol. The summed E-state index contributed by atoms with van der Waals surface area (Å²) in [4.78, 5) is 1.95. The highest BCUT2D eigenvalue weighted by Crippen LogP contribution is 2.28. The minimum Gasteiger partial charge on any atom is -0.348 e. The first-order valence-electron chi connectivity index (χ1n) is 6.21. The molecule has 0 aliphatic carbocycles. The van der Waals surface area contributed by atoms with Gasteiger partial charge in [0.05, 0.1) is 11.5 Å². The predicted molar refractivity (Wildman–Crippen MR) is 70.5 cm³/mol. The molecule has 3 rings (SSSR count). The van der Waals surface area contributed by atoms with Gasteiger partial charge in [-0.25, -0.2) is 8.42 Å². The van der Waals surface area contributed by atoms with Crippen LogP contribution in [0.5, 0.6) is 0 Å². The molecule has 1 saturated heterocycles. The van der Waals surface area contributed by atoms with Crippen molar-refractivity contribution in [2.45, 2.75) is 25.4 Å². The van der Waals surface area contributed by atoms with Gasteiger partial charge < -0.3 is 4.90 Å². The van der Waals surface area contributed by atoms with Crippen LogP contribution in [-0.2, 0) is 16.4 Å². The molecule has 0 saturated carbocycles. The predicted octanol–water partition coefficient (Wildman–Crippen LogP) is 1.40. The molecule has 1 fully saturated rings. The molecule has 1 N–H and O–H groups in total. The normalized spacial score (nSPS) is 26.1. The summed E-state index contributed by atoms with van der Waals surface area (Å²) in [6, 6.07) is 7.82. The minimum absolute atomic E-state index is 0.0244. The van der Waals surface area contributed by atoms with Crippen molar-refractivity contribution in [3.8, 4) is 0 Å². The Hall–Kier alpha value is -1.36. The molecule has 2 aliphatic heterocycles. The highest BCUT2D eigenvalue weighted by atomic mass is 32.2. The first kappa shape index (κ1) is 11.7. The Labute approximate surface area is 107 Å². The third kappa shape index (κ3) is 1.92. The van der Waals surface area contributed by atoms with Gasteiger partial charge in [0.15, 0.2) is 9.84 Å². The molecule has 0 spiro atoms. The van der Waals surface area contributed by atoms with E-state index >= 15 is 0 Å². The largest absolute Gasteiger partial charge is 0.348 e. The summed E-state index contributed by atoms with van der Waals surface area (Å²) in [5, 5.41) is 8.18. The van der Waals surface area contributed by atoms with E-state index in [1.165, 1.54) is 0 Å². The summed E-state index contributed by atoms with van der Waals surface area (Å²) >= 11 is 0. The molecule has 0 bridgehead atoms. The zero-order valence-corrected chi connectivity index (χ0v) is 10.9. The number of sulfone groups is 1. The summed E-state index contributed by atoms with van der Waals surface area (Å²) in [7, 11) is -2.92. The van der Waals surface area contributed by atoms with Crippen molar-refractivity contribution >= 4 is 15.7 Å². The molecule has 5 heteroatoms. The van der Waals surface area contributed by atoms with Gasteiger partial charge in [-0.3, -0.25) is 5.41 Å². The SMILES string of the molecule is N=C1c2ccccc2CN1C1CCCS(=O)(=O)C1. The number of nitrogens with one attached hydrogen (secondary N) is 1. The van der Waals surface area contributed by atoms with Crippen molar-refractivity contribution in [1.29, 1.82) is 5.41 Å². The third-order valence-electron chi connectivity index (χ3n) is 3.78. The van der Waals surface area contributed by atoms with E-state index in [4.69, 9.17) is 5.41 Å². The van der Waals surface area contributed by atoms with Crippen LogP contribution >= 0.6 is 0 Å². The van der Waals surface area contributed by atoms with Crippen molar-refractivity contribution in [2.75, 3.05) is 11.5 Å². The fourth-order valence-electron chi connectivity index (χ4n) is 2.86. The average molecular weight is 264 g/mol. The standard InChI is InChI=1S/C13H16N2O2S/c14-13-12-6-2-1-4-10(12)8-15(13)11-5-3-7-18(16,17)9-11/h1-2,4,6,11,14H,3,5,7-9H2. The molecule has 4 nitrogen and oxygen atoms in total. The first-order valence-corrected chi connectivity index (χ1v) is 8.03. The van der Waals surface area contributed by atoms with Gasteiger partial charge in [-0.1, -0.05) is 24.3 Å². The monoisotopic (exact) mass is 264 g/mol. The Morgan fingerprint density at radius 2 is 2.06 bits per heavy atom. The second-order valence-corrected chi connectivity index (χ2v) is 7.27. The maximum absolute atomic E-state index is 11.7. The number of amidine groups is 1. The number of fused-ring (bicyclic) bond motifs is 1. The minimum atomic E-state index is -2.92. The van der Waals surface area contributed by atoms with Crippen LogP contribution in [0.1, 0.15) is 24.0 Å². The van der Waals surface area contributed by atoms with Crippen LogP contribution in [0.4, 0.5) is 0 Å². The van der Waals surface area contributed by atoms with E-state index in [1.807, 2.05) is 29.2 Å². The van der Waals surface area contributed by atoms with Crippen molar-refractivity contribution < 1.29 is 8.42 Å². The molecule has 0 aromatic heterocycles. The van der Waals surface area contributed by atoms with Crippen LogP contribution in [0, 0.1) is 5.41 Å². The van der Waals surface area contributed by atoms with E-state index in [2.05, 4.69) is 0 Å². The molecule has 96 valence electrons. The maximum atomic E-state index is 11.7. The number of nitrogens with zero attached hydrogens (tertiary/aromatic N) is 1. The fraction of sp³-hybridized carbons (Fsp3) is 0.462. The van der Waals surface area contributed by atoms with Gasteiger partial charge in [-0.2, -0.15) is 0 Å². The molecule has 18 heavy (non-hydrogen) atoms. The highest BCUT2D eigenvalue weighted by Gasteiger charge is 2.34. The summed E-state index contributed by atoms with van der Waals surface area (Å²) in [5.74, 6) is 0.980. The molecule has 0 radical (unpaired) electrons. The quantitative estimate of drug-likeness (QED) is 0.834. The van der Waals surface area contributed by atoms with Gasteiger partial charge in [0.2, 0.25) is 0 Å². The maximum Gasteiger partial charge on any atom is 0.152 e. The number of benzene rings is 1. The lowest BCUT2D eigenvalue weighted by Crippen LogP contribution is -2.43. The van der Waals surface area contributed by atoms with Gasteiger partial charge in [-0.15, -0.1) is 0 Å². The van der Waals surface area contributed by atoms with E-state index < -0.39 is 9.84 Å². The molecule has 1 aromatic carbocycles. The lowest BCUT2D eigenvalue weighted by atomic mass is 10.1. The lowest BCUT2D eigenvalue weighted by molar-refractivity contribution is 0.310. The molecular formula is C13H16N2O2S. The molecule has 0 amide bonds. The second kappa shape index (κ2) is 4.09. The molecule has 2 aliphatic rings. The van der Waals surface area contributed by atoms with Gasteiger partial charge in [0.1, 0.15) is 5.84 Å². The third-order valence-corrected chi connectivity index (χ3v) is 5.58. The van der Waals surface area contributed by atoms with Crippen LogP contribution in [0.3, 0.4) is 0 Å². The topological polar surface area (TPSA) is 61.2 Å². The molecule has 1 atom stereocenters. The summed E-state index contributed by atoms with van der Waals surface area (Å²) in [6.07, 6.45) is 1.59. The zero-order chi connectivity index (χ0) is 12.8. The fourth-order valence-corrected chi connectivity index (χ4v) is 4.57. The van der Waals surface area contributed by atoms with E-state index in [1.54, 1.807) is 0 Å². The molecule has 1 unspecified atom stereocenters. The van der Waals surface area contributed by atoms with E-state index in [0.717, 1.165) is 17.5 Å². The van der Waals surface area contributed by atoms with Crippen LogP contribution in [0.25, 0.3) is 0 Å². The van der Waals surface area contributed by atoms with Crippen LogP contribution in [0.15, 0.2) is 24.3 Å². The Kier molecular flexibility index (Phi) is 2.66. The van der Waals surface area contributed by atoms with Crippen molar-refractivity contribution in [1.82, 2.24) is 4.90 Å². The number of hydrogen-bond donors (Lipinski definition) is 1.